The van der Waals surface area contributed by atoms with Crippen LogP contribution in [-0.4, -0.2) is 29.8 Å². The molecule has 0 spiro atoms. The van der Waals surface area contributed by atoms with Crippen molar-refractivity contribution in [3.05, 3.63) is 95.6 Å². The van der Waals surface area contributed by atoms with Crippen molar-refractivity contribution in [2.45, 2.75) is 19.3 Å². The van der Waals surface area contributed by atoms with Crippen molar-refractivity contribution in [3.8, 4) is 11.5 Å². The van der Waals surface area contributed by atoms with Crippen LogP contribution in [0.4, 0.5) is 18.9 Å². The van der Waals surface area contributed by atoms with Crippen LogP contribution in [0.15, 0.2) is 84.4 Å². The van der Waals surface area contributed by atoms with Crippen LogP contribution in [0.3, 0.4) is 0 Å². The Balaban J connectivity index is 1.87. The van der Waals surface area contributed by atoms with Gasteiger partial charge >= 0.3 is 6.36 Å². The number of hydrogen-bond acceptors (Lipinski definition) is 5. The molecule has 1 N–H and O–H groups in total. The molecule has 3 aromatic carbocycles. The number of amides is 1. The molecule has 1 saturated heterocycles. The molecule has 6 nitrogen and oxygen atoms in total. The number of hydrogen-bond donors (Lipinski definition) is 1. The molecule has 0 saturated carbocycles. The lowest BCUT2D eigenvalue weighted by Gasteiger charge is -2.26. The van der Waals surface area contributed by atoms with E-state index in [0.717, 1.165) is 17.0 Å². The Morgan fingerprint density at radius 2 is 1.63 bits per heavy atom. The maximum atomic E-state index is 13.2. The lowest BCUT2D eigenvalue weighted by Crippen LogP contribution is -2.29. The molecule has 1 fully saturated rings. The van der Waals surface area contributed by atoms with Crippen molar-refractivity contribution in [2.75, 3.05) is 11.5 Å². The molecule has 35 heavy (non-hydrogen) atoms. The van der Waals surface area contributed by atoms with Crippen LogP contribution in [-0.2, 0) is 9.59 Å². The Morgan fingerprint density at radius 3 is 2.31 bits per heavy atom. The summed E-state index contributed by atoms with van der Waals surface area (Å²) in [7, 11) is 0. The predicted molar refractivity (Wildman–Crippen MR) is 122 cm³/mol. The standard InChI is InChI=1S/C26H20F3NO5/c1-2-34-19-12-6-10-17(14-19)23(31)21-22(16-8-4-3-5-9-16)30(25(33)24(21)32)18-11-7-13-20(15-18)35-26(27,28)29/h3-15,22,31H,2H2,1H3/b23-21+. The first-order chi connectivity index (χ1) is 16.7. The van der Waals surface area contributed by atoms with Gasteiger partial charge in [-0.1, -0.05) is 48.5 Å². The molecule has 9 heteroatoms. The second kappa shape index (κ2) is 9.54. The minimum Gasteiger partial charge on any atom is -0.507 e. The number of halogens is 3. The number of ketones is 1. The summed E-state index contributed by atoms with van der Waals surface area (Å²) < 4.78 is 47.7. The van der Waals surface area contributed by atoms with Gasteiger partial charge < -0.3 is 14.6 Å². The maximum Gasteiger partial charge on any atom is 0.573 e. The van der Waals surface area contributed by atoms with Crippen molar-refractivity contribution in [1.29, 1.82) is 0 Å². The molecule has 0 radical (unpaired) electrons. The monoisotopic (exact) mass is 483 g/mol. The maximum absolute atomic E-state index is 13.2. The van der Waals surface area contributed by atoms with E-state index < -0.39 is 35.6 Å². The van der Waals surface area contributed by atoms with Gasteiger partial charge in [0.1, 0.15) is 17.3 Å². The molecule has 0 aliphatic carbocycles. The fourth-order valence-corrected chi connectivity index (χ4v) is 3.94. The van der Waals surface area contributed by atoms with Crippen molar-refractivity contribution < 1.29 is 37.3 Å². The minimum absolute atomic E-state index is 0.00446. The van der Waals surface area contributed by atoms with E-state index in [4.69, 9.17) is 4.74 Å². The number of ether oxygens (including phenoxy) is 2. The third kappa shape index (κ3) is 4.98. The summed E-state index contributed by atoms with van der Waals surface area (Å²) in [4.78, 5) is 27.4. The predicted octanol–water partition coefficient (Wildman–Crippen LogP) is 5.61. The second-order valence-corrected chi connectivity index (χ2v) is 7.59. The molecular formula is C26H20F3NO5. The Kier molecular flexibility index (Phi) is 6.50. The first-order valence-electron chi connectivity index (χ1n) is 10.6. The molecule has 0 bridgehead atoms. The van der Waals surface area contributed by atoms with Gasteiger partial charge in [-0.3, -0.25) is 14.5 Å². The Bertz CT molecular complexity index is 1290. The summed E-state index contributed by atoms with van der Waals surface area (Å²) in [6, 6.07) is 18.5. The highest BCUT2D eigenvalue weighted by Gasteiger charge is 2.47. The molecule has 1 amide bonds. The summed E-state index contributed by atoms with van der Waals surface area (Å²) in [5.74, 6) is -2.48. The smallest absolute Gasteiger partial charge is 0.507 e. The van der Waals surface area contributed by atoms with E-state index in [9.17, 15) is 27.9 Å². The molecule has 1 atom stereocenters. The number of aliphatic hydroxyl groups excluding tert-OH is 1. The second-order valence-electron chi connectivity index (χ2n) is 7.59. The molecule has 1 aliphatic rings. The van der Waals surface area contributed by atoms with Crippen molar-refractivity contribution >= 4 is 23.1 Å². The minimum atomic E-state index is -4.93. The van der Waals surface area contributed by atoms with Gasteiger partial charge in [0.2, 0.25) is 0 Å². The molecule has 1 unspecified atom stereocenters. The van der Waals surface area contributed by atoms with E-state index in [-0.39, 0.29) is 16.8 Å². The number of carbonyl (C=O) groups is 2. The first kappa shape index (κ1) is 23.9. The molecule has 4 rings (SSSR count). The van der Waals surface area contributed by atoms with E-state index in [1.54, 1.807) is 55.5 Å². The van der Waals surface area contributed by atoms with Crippen LogP contribution in [0, 0.1) is 0 Å². The van der Waals surface area contributed by atoms with Crippen LogP contribution in [0.25, 0.3) is 5.76 Å². The molecule has 3 aromatic rings. The third-order valence-electron chi connectivity index (χ3n) is 5.31. The number of Topliss-reactive ketones (excluding diaryl/α,β-unsaturated/α-hetero) is 1. The Hall–Kier alpha value is -4.27. The highest BCUT2D eigenvalue weighted by Crippen LogP contribution is 2.43. The summed E-state index contributed by atoms with van der Waals surface area (Å²) in [5.41, 5.74) is 0.544. The summed E-state index contributed by atoms with van der Waals surface area (Å²) in [5, 5.41) is 11.2. The van der Waals surface area contributed by atoms with E-state index >= 15 is 0 Å². The average molecular weight is 483 g/mol. The molecular weight excluding hydrogens is 463 g/mol. The number of rotatable bonds is 6. The number of nitrogens with zero attached hydrogens (tertiary/aromatic N) is 1. The highest BCUT2D eigenvalue weighted by molar-refractivity contribution is 6.51. The van der Waals surface area contributed by atoms with Gasteiger partial charge in [0.05, 0.1) is 18.2 Å². The van der Waals surface area contributed by atoms with E-state index in [1.807, 2.05) is 0 Å². The number of anilines is 1. The zero-order valence-corrected chi connectivity index (χ0v) is 18.5. The number of benzene rings is 3. The van der Waals surface area contributed by atoms with Crippen LogP contribution >= 0.6 is 0 Å². The Labute approximate surface area is 198 Å². The molecule has 0 aromatic heterocycles. The molecule has 1 aliphatic heterocycles. The van der Waals surface area contributed by atoms with Gasteiger partial charge in [0, 0.05) is 17.3 Å². The number of alkyl halides is 3. The van der Waals surface area contributed by atoms with Gasteiger partial charge in [-0.15, -0.1) is 13.2 Å². The molecule has 180 valence electrons. The quantitative estimate of drug-likeness (QED) is 0.280. The highest BCUT2D eigenvalue weighted by atomic mass is 19.4. The SMILES string of the molecule is CCOc1cccc(/C(O)=C2\C(=O)C(=O)N(c3cccc(OC(F)(F)F)c3)C2c2ccccc2)c1. The summed E-state index contributed by atoms with van der Waals surface area (Å²) >= 11 is 0. The van der Waals surface area contributed by atoms with E-state index in [2.05, 4.69) is 4.74 Å². The number of aliphatic hydroxyl groups is 1. The van der Waals surface area contributed by atoms with Gasteiger partial charge in [-0.25, -0.2) is 0 Å². The molecule has 1 heterocycles. The van der Waals surface area contributed by atoms with Gasteiger partial charge in [0.25, 0.3) is 11.7 Å². The zero-order valence-electron chi connectivity index (χ0n) is 18.5. The lowest BCUT2D eigenvalue weighted by atomic mass is 9.95. The van der Waals surface area contributed by atoms with E-state index in [0.29, 0.717) is 17.9 Å². The fourth-order valence-electron chi connectivity index (χ4n) is 3.94. The summed E-state index contributed by atoms with van der Waals surface area (Å²) in [6.07, 6.45) is -4.93. The topological polar surface area (TPSA) is 76.1 Å². The Morgan fingerprint density at radius 1 is 0.943 bits per heavy atom. The first-order valence-corrected chi connectivity index (χ1v) is 10.6. The lowest BCUT2D eigenvalue weighted by molar-refractivity contribution is -0.274. The normalized spacial score (nSPS) is 17.5. The van der Waals surface area contributed by atoms with Gasteiger partial charge in [-0.05, 0) is 36.8 Å². The largest absolute Gasteiger partial charge is 0.573 e. The van der Waals surface area contributed by atoms with Crippen molar-refractivity contribution in [3.63, 3.8) is 0 Å². The van der Waals surface area contributed by atoms with Gasteiger partial charge in [-0.2, -0.15) is 0 Å². The van der Waals surface area contributed by atoms with Crippen molar-refractivity contribution in [1.82, 2.24) is 0 Å². The fraction of sp³-hybridized carbons (Fsp3) is 0.154. The van der Waals surface area contributed by atoms with Gasteiger partial charge in [0.15, 0.2) is 0 Å². The van der Waals surface area contributed by atoms with Crippen LogP contribution in [0.5, 0.6) is 11.5 Å². The van der Waals surface area contributed by atoms with Crippen molar-refractivity contribution in [2.24, 2.45) is 0 Å². The van der Waals surface area contributed by atoms with Crippen LogP contribution in [0.1, 0.15) is 24.1 Å². The number of carbonyl (C=O) groups excluding carboxylic acids is 2. The zero-order chi connectivity index (χ0) is 25.2. The summed E-state index contributed by atoms with van der Waals surface area (Å²) in [6.45, 7) is 2.18. The van der Waals surface area contributed by atoms with E-state index in [1.165, 1.54) is 18.2 Å². The average Bonchev–Trinajstić information content (AvgIpc) is 3.09. The van der Waals surface area contributed by atoms with Crippen LogP contribution in [0.2, 0.25) is 0 Å². The third-order valence-corrected chi connectivity index (χ3v) is 5.31. The van der Waals surface area contributed by atoms with Crippen LogP contribution < -0.4 is 14.4 Å².